The van der Waals surface area contributed by atoms with Gasteiger partial charge in [-0.2, -0.15) is 0 Å². The zero-order chi connectivity index (χ0) is 102. The summed E-state index contributed by atoms with van der Waals surface area (Å²) in [5.74, 6) is -1.95. The Labute approximate surface area is 843 Å². The molecule has 0 radical (unpaired) electrons. The van der Waals surface area contributed by atoms with E-state index < -0.39 is 17.8 Å². The van der Waals surface area contributed by atoms with Crippen LogP contribution in [0.4, 0.5) is 25.7 Å². The van der Waals surface area contributed by atoms with E-state index >= 15 is 0 Å². The third-order valence-electron chi connectivity index (χ3n) is 26.6. The van der Waals surface area contributed by atoms with Crippen molar-refractivity contribution in [3.8, 4) is 52.9 Å². The lowest BCUT2D eigenvalue weighted by Crippen LogP contribution is -2.35. The monoisotopic (exact) mass is 2040 g/mol. The number of esters is 1. The molecule has 12 amide bonds. The van der Waals surface area contributed by atoms with Crippen molar-refractivity contribution in [3.05, 3.63) is 142 Å². The van der Waals surface area contributed by atoms with E-state index in [0.717, 1.165) is 98.8 Å². The van der Waals surface area contributed by atoms with Crippen molar-refractivity contribution in [2.75, 3.05) is 47.3 Å². The molecule has 5 saturated carbocycles. The van der Waals surface area contributed by atoms with E-state index in [2.05, 4.69) is 97.2 Å². The number of rotatable bonds is 25. The van der Waals surface area contributed by atoms with Gasteiger partial charge in [0.1, 0.15) is 16.5 Å². The van der Waals surface area contributed by atoms with Crippen molar-refractivity contribution in [3.63, 3.8) is 0 Å². The van der Waals surface area contributed by atoms with Crippen LogP contribution in [0.5, 0.6) is 0 Å². The molecule has 15 heterocycles. The number of carbonyl (C=O) groups is 14. The molecule has 5 aliphatic heterocycles. The number of pyridine rings is 5. The Balaban J connectivity index is 0.000000128. The molecule has 744 valence electrons. The lowest BCUT2D eigenvalue weighted by molar-refractivity contribution is -0.115. The number of nitrogens with zero attached hydrogens (tertiary/aromatic N) is 16. The highest BCUT2D eigenvalue weighted by Gasteiger charge is 2.48. The molecule has 5 aliphatic carbocycles. The van der Waals surface area contributed by atoms with Crippen LogP contribution in [0.25, 0.3) is 52.9 Å². The number of hydrogen-bond donors (Lipinski definition) is 7. The van der Waals surface area contributed by atoms with Crippen LogP contribution in [0.2, 0.25) is 5.15 Å². The summed E-state index contributed by atoms with van der Waals surface area (Å²) in [6.45, 7) is 30.8. The van der Waals surface area contributed by atoms with Gasteiger partial charge in [0.25, 0.3) is 41.4 Å². The Morgan fingerprint density at radius 1 is 0.380 bits per heavy atom. The highest BCUT2D eigenvalue weighted by molar-refractivity contribution is 7.20. The number of nitrogens with one attached hydrogen (secondary N) is 5. The third kappa shape index (κ3) is 21.6. The molecule has 44 heteroatoms. The molecule has 5 fully saturated rings. The van der Waals surface area contributed by atoms with Crippen LogP contribution in [-0.2, 0) is 61.4 Å². The molecule has 0 unspecified atom stereocenters. The number of halogens is 1. The second-order valence-electron chi connectivity index (χ2n) is 37.6. The van der Waals surface area contributed by atoms with Crippen LogP contribution in [0.15, 0.2) is 30.3 Å². The first kappa shape index (κ1) is 102. The fourth-order valence-corrected chi connectivity index (χ4v) is 23.5. The van der Waals surface area contributed by atoms with Crippen LogP contribution in [0.3, 0.4) is 0 Å². The lowest BCUT2D eigenvalue weighted by atomic mass is 10.1. The van der Waals surface area contributed by atoms with Crippen LogP contribution < -0.4 is 32.3 Å². The molecule has 0 aromatic carbocycles. The maximum absolute atomic E-state index is 13.2. The minimum atomic E-state index is -1.23. The molecule has 0 bridgehead atoms. The van der Waals surface area contributed by atoms with Gasteiger partial charge in [-0.1, -0.05) is 68.3 Å². The molecule has 10 aromatic heterocycles. The third-order valence-corrected chi connectivity index (χ3v) is 32.3. The second-order valence-corrected chi connectivity index (χ2v) is 43.0. The van der Waals surface area contributed by atoms with Crippen LogP contribution in [-0.4, -0.2) is 218 Å². The number of fused-ring (bicyclic) bond motifs is 5. The summed E-state index contributed by atoms with van der Waals surface area (Å²) in [7, 11) is 3.31. The van der Waals surface area contributed by atoms with Crippen molar-refractivity contribution in [2.45, 2.75) is 238 Å². The Bertz CT molecular complexity index is 6760. The first-order valence-corrected chi connectivity index (χ1v) is 51.4. The highest BCUT2D eigenvalue weighted by Crippen LogP contribution is 2.49. The molecule has 0 saturated heterocycles. The Hall–Kier alpha value is -13.2. The van der Waals surface area contributed by atoms with Gasteiger partial charge in [0.2, 0.25) is 29.5 Å². The fraction of sp³-hybridized carbons (Fsp3) is 0.449. The van der Waals surface area contributed by atoms with Gasteiger partial charge in [-0.3, -0.25) is 57.5 Å². The summed E-state index contributed by atoms with van der Waals surface area (Å²) in [6, 6.07) is 9.98. The number of thiazole rings is 5. The van der Waals surface area contributed by atoms with Crippen molar-refractivity contribution in [1.29, 1.82) is 0 Å². The van der Waals surface area contributed by atoms with Crippen LogP contribution >= 0.6 is 68.3 Å². The van der Waals surface area contributed by atoms with E-state index in [1.165, 1.54) is 109 Å². The average Bonchev–Trinajstić information content (AvgIpc) is 1.62. The van der Waals surface area contributed by atoms with Crippen LogP contribution in [0, 0.1) is 64.2 Å². The molecule has 38 nitrogen and oxygen atoms in total. The number of primary amides is 1. The average molecular weight is 2050 g/mol. The summed E-state index contributed by atoms with van der Waals surface area (Å²) < 4.78 is 5.19. The van der Waals surface area contributed by atoms with E-state index in [-0.39, 0.29) is 135 Å². The number of amides is 12. The van der Waals surface area contributed by atoms with Gasteiger partial charge in [0, 0.05) is 112 Å². The van der Waals surface area contributed by atoms with E-state index in [0.29, 0.717) is 172 Å². The summed E-state index contributed by atoms with van der Waals surface area (Å²) in [6.07, 6.45) is 11.3. The van der Waals surface area contributed by atoms with E-state index in [1.54, 1.807) is 38.9 Å². The summed E-state index contributed by atoms with van der Waals surface area (Å²) in [5, 5.41) is 25.7. The number of nitrogens with two attached hydrogens (primary N) is 1. The smallest absolute Gasteiger partial charge is 0.357 e. The normalized spacial score (nSPS) is 16.8. The predicted molar refractivity (Wildman–Crippen MR) is 537 cm³/mol. The minimum Gasteiger partial charge on any atom is -0.476 e. The summed E-state index contributed by atoms with van der Waals surface area (Å²) in [4.78, 5) is 230. The predicted octanol–water partition coefficient (Wildman–Crippen LogP) is 15.5. The van der Waals surface area contributed by atoms with Crippen molar-refractivity contribution in [1.82, 2.24) is 79.2 Å². The van der Waals surface area contributed by atoms with Gasteiger partial charge in [-0.05, 0) is 228 Å². The molecule has 10 aliphatic rings. The molecule has 0 spiro atoms. The molecular formula is C98H109ClN22O16S5. The maximum Gasteiger partial charge on any atom is 0.357 e. The zero-order valence-corrected chi connectivity index (χ0v) is 86.5. The minimum absolute atomic E-state index is 0.00289. The summed E-state index contributed by atoms with van der Waals surface area (Å²) in [5.41, 5.74) is 17.6. The number of carboxylic acid groups (broad SMARTS) is 1. The van der Waals surface area contributed by atoms with Crippen molar-refractivity contribution in [2.24, 2.45) is 35.3 Å². The first-order chi connectivity index (χ1) is 67.3. The number of carbonyl (C=O) groups excluding carboxylic acids is 13. The van der Waals surface area contributed by atoms with Crippen molar-refractivity contribution >= 4 is 177 Å². The number of ether oxygens (including phenoxy) is 1. The molecule has 10 aromatic rings. The Kier molecular flexibility index (Phi) is 29.4. The van der Waals surface area contributed by atoms with E-state index in [1.807, 2.05) is 85.4 Å². The van der Waals surface area contributed by atoms with Crippen molar-refractivity contribution < 1.29 is 77.0 Å². The van der Waals surface area contributed by atoms with Gasteiger partial charge in [0.05, 0.1) is 116 Å². The molecular weight excluding hydrogens is 1940 g/mol. The number of aryl methyl sites for hydroxylation is 5. The Morgan fingerprint density at radius 2 is 0.606 bits per heavy atom. The topological polar surface area (TPSA) is 503 Å². The summed E-state index contributed by atoms with van der Waals surface area (Å²) >= 11 is 12.8. The molecule has 8 N–H and O–H groups in total. The number of carboxylic acids is 1. The number of hydrogen-bond acceptors (Lipinski definition) is 30. The molecule has 20 rings (SSSR count). The zero-order valence-electron chi connectivity index (χ0n) is 81.7. The van der Waals surface area contributed by atoms with E-state index in [4.69, 9.17) is 22.1 Å². The van der Waals surface area contributed by atoms with Gasteiger partial charge in [0.15, 0.2) is 37.0 Å². The quantitative estimate of drug-likeness (QED) is 0.0206. The SMILES string of the molecule is CC(=O)Nc1nc(C)c(-c2cc3c(c(C(=O)N(C)C)n2)C(=O)N([C@@H](C)C2CC2)C3)s1.CC(=O)Nc1nc(C)c(-c2cc3c(c(C(=O)O)n2)C(=O)N([C@@H](C)C2CC2)C3)s1.CC(=O)Nc1nc(C)c(-c2cc3c(c(C(N)=O)n2)C(=O)N([C@@H](C)C2CC2)C3)s1.CC(=O)Nc1nc(C)c(-c2cc3c(c(Cl)n2)C(=O)N([C@@H](C)C2CC2)C3)s1.CCOC(=O)c1nc(-c2sc(NC(C)=O)nc2C)cc2c1C(=O)N([C@@H](C)C1CC1)C2. The fourth-order valence-electron chi connectivity index (χ4n) is 18.4. The number of aromatic carboxylic acids is 1. The standard InChI is InChI=1S/C21H25N5O3S.C21H24N4O4S.C19H21N5O3S.C19H20N4O4S.C18H19ClN4O2S/c1-10-18(30-21(22-10)23-12(3)27)15-8-14-9-26(11(2)13-6-7-13)19(28)16(14)17(24-15)20(29)25(4)5;1-5-29-20(28)17-16-14(9-25(19(16)27)11(3)13-6-7-13)8-15(24-17)18-10(2)22-21(30-18)23-12(4)26;1-8-16(28-19(21-8)22-10(3)25)13-6-12-7-24(9(2)11-4-5-11)18(27)14(12)15(23-13)17(20)26;1-8-16(28-19(20-8)21-10(3)24)13-6-12-7-23(9(2)11-4-5-11)17(25)14(12)15(22-13)18(26)27;1-8-15(26-18(20-8)21-10(3)24)13-6-12-7-23(9(2)11-4-5-11)17(25)14(12)16(19)22-13/h8,11,13H,6-7,9H2,1-5H3,(H,22,23,27);8,11,13H,5-7,9H2,1-4H3,(H,22,23,26);6,9,11H,4-5,7H2,1-3H3,(H2,20,26)(H,21,22,25);6,9,11H,4-5,7H2,1-3H3,(H,26,27)(H,20,21,24);6,9,11H,4-5,7H2,1-3H3,(H,20,21,24)/t2*11-;3*9-/m00000/s1. The Morgan fingerprint density at radius 3 is 0.852 bits per heavy atom. The maximum atomic E-state index is 13.2. The van der Waals surface area contributed by atoms with Gasteiger partial charge >= 0.3 is 11.9 Å². The highest BCUT2D eigenvalue weighted by atomic mass is 35.5. The van der Waals surface area contributed by atoms with Crippen LogP contribution in [0.1, 0.15) is 290 Å². The van der Waals surface area contributed by atoms with Gasteiger partial charge < -0.3 is 71.6 Å². The first-order valence-electron chi connectivity index (χ1n) is 46.9. The number of anilines is 5. The lowest BCUT2D eigenvalue weighted by Gasteiger charge is -2.24. The largest absolute Gasteiger partial charge is 0.476 e. The number of aromatic nitrogens is 10. The van der Waals surface area contributed by atoms with Gasteiger partial charge in [-0.25, -0.2) is 59.4 Å². The van der Waals surface area contributed by atoms with E-state index in [9.17, 15) is 72.2 Å². The van der Waals surface area contributed by atoms with Gasteiger partial charge in [-0.15, -0.1) is 0 Å². The molecule has 5 atom stereocenters. The second kappa shape index (κ2) is 41.0. The molecule has 142 heavy (non-hydrogen) atoms.